The number of rotatable bonds is 1. The fourth-order valence-corrected chi connectivity index (χ4v) is 1.82. The lowest BCUT2D eigenvalue weighted by Gasteiger charge is -2.23. The van der Waals surface area contributed by atoms with Gasteiger partial charge in [-0.2, -0.15) is 0 Å². The zero-order chi connectivity index (χ0) is 9.97. The lowest BCUT2D eigenvalue weighted by molar-refractivity contribution is -0.120. The third-order valence-electron chi connectivity index (χ3n) is 2.71. The monoisotopic (exact) mass is 189 g/mol. The molecule has 1 aliphatic rings. The molecule has 2 heteroatoms. The van der Waals surface area contributed by atoms with E-state index >= 15 is 0 Å². The van der Waals surface area contributed by atoms with E-state index in [1.165, 1.54) is 11.1 Å². The Bertz CT molecular complexity index is 329. The number of hydrogen-bond donors (Lipinski definition) is 1. The topological polar surface area (TPSA) is 29.1 Å². The summed E-state index contributed by atoms with van der Waals surface area (Å²) in [6.07, 6.45) is 1.32. The molecular weight excluding hydrogens is 174 g/mol. The molecule has 1 fully saturated rings. The second-order valence-electron chi connectivity index (χ2n) is 3.91. The highest BCUT2D eigenvalue weighted by molar-refractivity contribution is 5.80. The van der Waals surface area contributed by atoms with Crippen LogP contribution in [-0.4, -0.2) is 12.3 Å². The maximum Gasteiger partial charge on any atom is 0.136 e. The normalized spacial score (nSPS) is 22.4. The van der Waals surface area contributed by atoms with Crippen LogP contribution < -0.4 is 5.32 Å². The lowest BCUT2D eigenvalue weighted by Crippen LogP contribution is -2.31. The molecule has 14 heavy (non-hydrogen) atoms. The van der Waals surface area contributed by atoms with Gasteiger partial charge in [-0.25, -0.2) is 0 Å². The predicted octanol–water partition coefficient (Wildman–Crippen LogP) is 1.99. The molecule has 1 N–H and O–H groups in total. The van der Waals surface area contributed by atoms with Crippen molar-refractivity contribution in [3.63, 3.8) is 0 Å². The van der Waals surface area contributed by atoms with Gasteiger partial charge in [0.2, 0.25) is 0 Å². The first-order chi connectivity index (χ1) is 6.75. The Morgan fingerprint density at radius 1 is 1.29 bits per heavy atom. The molecular formula is C12H15NO. The van der Waals surface area contributed by atoms with Gasteiger partial charge in [-0.3, -0.25) is 4.79 Å². The molecule has 0 amide bonds. The minimum atomic E-state index is 0.233. The number of ketones is 1. The van der Waals surface area contributed by atoms with Gasteiger partial charge in [0.05, 0.1) is 0 Å². The number of carbonyl (C=O) groups is 1. The Morgan fingerprint density at radius 3 is 2.64 bits per heavy atom. The molecule has 1 unspecified atom stereocenters. The first-order valence-electron chi connectivity index (χ1n) is 5.07. The standard InChI is InChI=1S/C12H15NO/c1-9-2-4-10(5-3-9)12-8-11(14)6-7-13-12/h2-5,12-13H,6-8H2,1H3. The Morgan fingerprint density at radius 2 is 2.00 bits per heavy atom. The molecule has 1 saturated heterocycles. The highest BCUT2D eigenvalue weighted by atomic mass is 16.1. The van der Waals surface area contributed by atoms with Crippen molar-refractivity contribution in [3.8, 4) is 0 Å². The molecule has 74 valence electrons. The van der Waals surface area contributed by atoms with Gasteiger partial charge in [0.25, 0.3) is 0 Å². The van der Waals surface area contributed by atoms with Gasteiger partial charge in [0.1, 0.15) is 5.78 Å². The van der Waals surface area contributed by atoms with E-state index in [9.17, 15) is 4.79 Å². The molecule has 2 nitrogen and oxygen atoms in total. The number of aryl methyl sites for hydroxylation is 1. The highest BCUT2D eigenvalue weighted by Crippen LogP contribution is 2.20. The summed E-state index contributed by atoms with van der Waals surface area (Å²) in [7, 11) is 0. The van der Waals surface area contributed by atoms with Crippen molar-refractivity contribution in [2.45, 2.75) is 25.8 Å². The highest BCUT2D eigenvalue weighted by Gasteiger charge is 2.19. The molecule has 2 rings (SSSR count). The zero-order valence-electron chi connectivity index (χ0n) is 8.42. The summed E-state index contributed by atoms with van der Waals surface area (Å²) in [6.45, 7) is 2.89. The quantitative estimate of drug-likeness (QED) is 0.732. The van der Waals surface area contributed by atoms with Crippen LogP contribution in [0.1, 0.15) is 30.0 Å². The van der Waals surface area contributed by atoms with E-state index in [1.54, 1.807) is 0 Å². The third kappa shape index (κ3) is 2.02. The van der Waals surface area contributed by atoms with Gasteiger partial charge >= 0.3 is 0 Å². The molecule has 1 aromatic carbocycles. The Kier molecular flexibility index (Phi) is 2.64. The van der Waals surface area contributed by atoms with Crippen LogP contribution in [0.5, 0.6) is 0 Å². The summed E-state index contributed by atoms with van der Waals surface area (Å²) in [5.41, 5.74) is 2.49. The number of hydrogen-bond acceptors (Lipinski definition) is 2. The number of benzene rings is 1. The van der Waals surface area contributed by atoms with Crippen molar-refractivity contribution >= 4 is 5.78 Å². The first-order valence-corrected chi connectivity index (χ1v) is 5.07. The summed E-state index contributed by atoms with van der Waals surface area (Å²) in [5.74, 6) is 0.370. The van der Waals surface area contributed by atoms with Crippen LogP contribution >= 0.6 is 0 Å². The number of Topliss-reactive ketones (excluding diaryl/α,β-unsaturated/α-hetero) is 1. The second-order valence-corrected chi connectivity index (χ2v) is 3.91. The van der Waals surface area contributed by atoms with Gasteiger partial charge in [-0.1, -0.05) is 29.8 Å². The SMILES string of the molecule is Cc1ccc(C2CC(=O)CCN2)cc1. The average Bonchev–Trinajstić information content (AvgIpc) is 2.19. The number of piperidine rings is 1. The van der Waals surface area contributed by atoms with Crippen molar-refractivity contribution in [3.05, 3.63) is 35.4 Å². The van der Waals surface area contributed by atoms with Crippen LogP contribution in [0.3, 0.4) is 0 Å². The van der Waals surface area contributed by atoms with Crippen molar-refractivity contribution in [1.29, 1.82) is 0 Å². The minimum Gasteiger partial charge on any atom is -0.309 e. The fraction of sp³-hybridized carbons (Fsp3) is 0.417. The van der Waals surface area contributed by atoms with Crippen LogP contribution in [-0.2, 0) is 4.79 Å². The van der Waals surface area contributed by atoms with Crippen molar-refractivity contribution < 1.29 is 4.79 Å². The van der Waals surface area contributed by atoms with Crippen LogP contribution in [0, 0.1) is 6.92 Å². The number of carbonyl (C=O) groups excluding carboxylic acids is 1. The van der Waals surface area contributed by atoms with Crippen molar-refractivity contribution in [2.75, 3.05) is 6.54 Å². The molecule has 0 aliphatic carbocycles. The fourth-order valence-electron chi connectivity index (χ4n) is 1.82. The lowest BCUT2D eigenvalue weighted by atomic mass is 9.96. The van der Waals surface area contributed by atoms with Crippen LogP contribution in [0.25, 0.3) is 0 Å². The van der Waals surface area contributed by atoms with E-state index in [0.29, 0.717) is 18.6 Å². The molecule has 0 aromatic heterocycles. The maximum atomic E-state index is 11.3. The van der Waals surface area contributed by atoms with Crippen molar-refractivity contribution in [1.82, 2.24) is 5.32 Å². The van der Waals surface area contributed by atoms with E-state index < -0.39 is 0 Å². The molecule has 0 radical (unpaired) electrons. The number of nitrogens with one attached hydrogen (secondary N) is 1. The predicted molar refractivity (Wildman–Crippen MR) is 56.2 cm³/mol. The average molecular weight is 189 g/mol. The second kappa shape index (κ2) is 3.93. The van der Waals surface area contributed by atoms with Gasteiger partial charge < -0.3 is 5.32 Å². The van der Waals surface area contributed by atoms with Crippen LogP contribution in [0.15, 0.2) is 24.3 Å². The smallest absolute Gasteiger partial charge is 0.136 e. The van der Waals surface area contributed by atoms with Crippen LogP contribution in [0.2, 0.25) is 0 Å². The van der Waals surface area contributed by atoms with E-state index in [1.807, 2.05) is 0 Å². The third-order valence-corrected chi connectivity index (χ3v) is 2.71. The van der Waals surface area contributed by atoms with Gasteiger partial charge in [0, 0.05) is 25.4 Å². The van der Waals surface area contributed by atoms with Crippen LogP contribution in [0.4, 0.5) is 0 Å². The summed E-state index contributed by atoms with van der Waals surface area (Å²) in [4.78, 5) is 11.3. The molecule has 1 aromatic rings. The van der Waals surface area contributed by atoms with Gasteiger partial charge in [-0.15, -0.1) is 0 Å². The largest absolute Gasteiger partial charge is 0.309 e. The van der Waals surface area contributed by atoms with Gasteiger partial charge in [-0.05, 0) is 12.5 Å². The molecule has 1 aliphatic heterocycles. The maximum absolute atomic E-state index is 11.3. The van der Waals surface area contributed by atoms with E-state index in [4.69, 9.17) is 0 Å². The zero-order valence-corrected chi connectivity index (χ0v) is 8.42. The molecule has 1 heterocycles. The first kappa shape index (κ1) is 9.41. The summed E-state index contributed by atoms with van der Waals surface area (Å²) in [5, 5.41) is 3.36. The van der Waals surface area contributed by atoms with E-state index in [2.05, 4.69) is 36.5 Å². The minimum absolute atomic E-state index is 0.233. The molecule has 1 atom stereocenters. The molecule has 0 spiro atoms. The van der Waals surface area contributed by atoms with E-state index in [-0.39, 0.29) is 6.04 Å². The van der Waals surface area contributed by atoms with Crippen molar-refractivity contribution in [2.24, 2.45) is 0 Å². The Labute approximate surface area is 84.3 Å². The molecule has 0 saturated carbocycles. The molecule has 0 bridgehead atoms. The Hall–Kier alpha value is -1.15. The van der Waals surface area contributed by atoms with E-state index in [0.717, 1.165) is 6.54 Å². The Balaban J connectivity index is 2.14. The summed E-state index contributed by atoms with van der Waals surface area (Å²) in [6, 6.07) is 8.63. The summed E-state index contributed by atoms with van der Waals surface area (Å²) >= 11 is 0. The van der Waals surface area contributed by atoms with Gasteiger partial charge in [0.15, 0.2) is 0 Å². The summed E-state index contributed by atoms with van der Waals surface area (Å²) < 4.78 is 0.